The molecule has 1 saturated heterocycles. The first-order chi connectivity index (χ1) is 12.8. The lowest BCUT2D eigenvalue weighted by Gasteiger charge is -2.25. The number of hydrogen-bond acceptors (Lipinski definition) is 4. The SMILES string of the molecule is COCc1cccc(-c2cc(NC3CCNCC3)c3cnccc3c2)c1. The number of anilines is 1. The van der Waals surface area contributed by atoms with Gasteiger partial charge in [0.2, 0.25) is 0 Å². The van der Waals surface area contributed by atoms with Crippen LogP contribution in [0.1, 0.15) is 18.4 Å². The van der Waals surface area contributed by atoms with Crippen molar-refractivity contribution >= 4 is 16.5 Å². The van der Waals surface area contributed by atoms with Crippen molar-refractivity contribution in [2.75, 3.05) is 25.5 Å². The van der Waals surface area contributed by atoms with Gasteiger partial charge in [-0.1, -0.05) is 18.2 Å². The maximum atomic E-state index is 5.29. The molecular formula is C22H25N3O. The van der Waals surface area contributed by atoms with Gasteiger partial charge in [0, 0.05) is 36.6 Å². The summed E-state index contributed by atoms with van der Waals surface area (Å²) in [6, 6.07) is 15.7. The highest BCUT2D eigenvalue weighted by molar-refractivity contribution is 5.97. The summed E-state index contributed by atoms with van der Waals surface area (Å²) in [5.41, 5.74) is 4.80. The number of piperidine rings is 1. The molecule has 2 aromatic carbocycles. The summed E-state index contributed by atoms with van der Waals surface area (Å²) in [5, 5.41) is 9.60. The molecule has 26 heavy (non-hydrogen) atoms. The van der Waals surface area contributed by atoms with Gasteiger partial charge in [0.1, 0.15) is 0 Å². The van der Waals surface area contributed by atoms with Crippen molar-refractivity contribution in [2.24, 2.45) is 0 Å². The fourth-order valence-corrected chi connectivity index (χ4v) is 3.68. The number of benzene rings is 2. The molecule has 1 aliphatic heterocycles. The Hall–Kier alpha value is -2.43. The van der Waals surface area contributed by atoms with E-state index in [0.29, 0.717) is 12.6 Å². The van der Waals surface area contributed by atoms with Gasteiger partial charge in [-0.2, -0.15) is 0 Å². The molecule has 0 radical (unpaired) electrons. The van der Waals surface area contributed by atoms with Crippen LogP contribution in [0.25, 0.3) is 21.9 Å². The third-order valence-corrected chi connectivity index (χ3v) is 5.03. The minimum atomic E-state index is 0.509. The second kappa shape index (κ2) is 7.85. The van der Waals surface area contributed by atoms with E-state index in [-0.39, 0.29) is 0 Å². The van der Waals surface area contributed by atoms with Crippen LogP contribution >= 0.6 is 0 Å². The molecule has 4 nitrogen and oxygen atoms in total. The zero-order chi connectivity index (χ0) is 17.8. The maximum absolute atomic E-state index is 5.29. The van der Waals surface area contributed by atoms with Crippen LogP contribution in [-0.4, -0.2) is 31.2 Å². The van der Waals surface area contributed by atoms with Gasteiger partial charge in [-0.3, -0.25) is 4.98 Å². The maximum Gasteiger partial charge on any atom is 0.0713 e. The van der Waals surface area contributed by atoms with Crippen molar-refractivity contribution in [1.82, 2.24) is 10.3 Å². The summed E-state index contributed by atoms with van der Waals surface area (Å²) in [7, 11) is 1.73. The van der Waals surface area contributed by atoms with Crippen molar-refractivity contribution in [1.29, 1.82) is 0 Å². The molecule has 0 aliphatic carbocycles. The number of nitrogens with one attached hydrogen (secondary N) is 2. The van der Waals surface area contributed by atoms with E-state index < -0.39 is 0 Å². The lowest BCUT2D eigenvalue weighted by Crippen LogP contribution is -2.35. The summed E-state index contributed by atoms with van der Waals surface area (Å²) < 4.78 is 5.29. The van der Waals surface area contributed by atoms with Gasteiger partial charge < -0.3 is 15.4 Å². The molecule has 0 unspecified atom stereocenters. The highest BCUT2D eigenvalue weighted by Crippen LogP contribution is 2.32. The molecule has 0 bridgehead atoms. The molecule has 0 atom stereocenters. The third-order valence-electron chi connectivity index (χ3n) is 5.03. The second-order valence-electron chi connectivity index (χ2n) is 6.92. The predicted molar refractivity (Wildman–Crippen MR) is 107 cm³/mol. The summed E-state index contributed by atoms with van der Waals surface area (Å²) in [6.07, 6.45) is 6.12. The van der Waals surface area contributed by atoms with E-state index >= 15 is 0 Å². The number of pyridine rings is 1. The quantitative estimate of drug-likeness (QED) is 0.726. The van der Waals surface area contributed by atoms with Gasteiger partial charge in [-0.15, -0.1) is 0 Å². The van der Waals surface area contributed by atoms with Crippen LogP contribution in [0.15, 0.2) is 54.9 Å². The van der Waals surface area contributed by atoms with E-state index in [4.69, 9.17) is 4.74 Å². The van der Waals surface area contributed by atoms with Crippen molar-refractivity contribution in [3.8, 4) is 11.1 Å². The fourth-order valence-electron chi connectivity index (χ4n) is 3.68. The van der Waals surface area contributed by atoms with E-state index in [2.05, 4.69) is 58.1 Å². The highest BCUT2D eigenvalue weighted by atomic mass is 16.5. The standard InChI is InChI=1S/C22H25N3O/c1-26-15-16-3-2-4-17(11-16)19-12-18-5-8-24-14-21(18)22(13-19)25-20-6-9-23-10-7-20/h2-5,8,11-14,20,23,25H,6-7,9-10,15H2,1H3. The van der Waals surface area contributed by atoms with E-state index in [0.717, 1.165) is 25.9 Å². The average molecular weight is 347 g/mol. The van der Waals surface area contributed by atoms with Crippen LogP contribution in [0.3, 0.4) is 0 Å². The van der Waals surface area contributed by atoms with Crippen molar-refractivity contribution in [3.63, 3.8) is 0 Å². The van der Waals surface area contributed by atoms with Gasteiger partial charge in [0.05, 0.1) is 6.61 Å². The number of rotatable bonds is 5. The van der Waals surface area contributed by atoms with E-state index in [1.165, 1.54) is 33.2 Å². The van der Waals surface area contributed by atoms with Gasteiger partial charge in [-0.05, 0) is 72.3 Å². The van der Waals surface area contributed by atoms with Crippen LogP contribution < -0.4 is 10.6 Å². The molecule has 0 amide bonds. The highest BCUT2D eigenvalue weighted by Gasteiger charge is 2.15. The second-order valence-corrected chi connectivity index (χ2v) is 6.92. The van der Waals surface area contributed by atoms with Crippen LogP contribution in [0.2, 0.25) is 0 Å². The molecule has 0 spiro atoms. The molecule has 4 heteroatoms. The fraction of sp³-hybridized carbons (Fsp3) is 0.318. The smallest absolute Gasteiger partial charge is 0.0713 e. The number of nitrogens with zero attached hydrogens (tertiary/aromatic N) is 1. The predicted octanol–water partition coefficient (Wildman–Crippen LogP) is 4.21. The van der Waals surface area contributed by atoms with Gasteiger partial charge in [-0.25, -0.2) is 0 Å². The van der Waals surface area contributed by atoms with Crippen molar-refractivity contribution in [2.45, 2.75) is 25.5 Å². The minimum Gasteiger partial charge on any atom is -0.382 e. The van der Waals surface area contributed by atoms with Crippen LogP contribution in [0.5, 0.6) is 0 Å². The lowest BCUT2D eigenvalue weighted by atomic mass is 9.98. The van der Waals surface area contributed by atoms with E-state index in [1.54, 1.807) is 7.11 Å². The number of fused-ring (bicyclic) bond motifs is 1. The number of ether oxygens (including phenoxy) is 1. The number of methoxy groups -OCH3 is 1. The zero-order valence-electron chi connectivity index (χ0n) is 15.2. The van der Waals surface area contributed by atoms with Gasteiger partial charge in [0.15, 0.2) is 0 Å². The van der Waals surface area contributed by atoms with E-state index in [1.807, 2.05) is 12.4 Å². The molecule has 4 rings (SSSR count). The normalized spacial score (nSPS) is 15.3. The Morgan fingerprint density at radius 1 is 1.12 bits per heavy atom. The Morgan fingerprint density at radius 2 is 2.00 bits per heavy atom. The van der Waals surface area contributed by atoms with Gasteiger partial charge >= 0.3 is 0 Å². The largest absolute Gasteiger partial charge is 0.382 e. The average Bonchev–Trinajstić information content (AvgIpc) is 2.69. The summed E-state index contributed by atoms with van der Waals surface area (Å²) in [4.78, 5) is 4.34. The number of aromatic nitrogens is 1. The molecule has 134 valence electrons. The summed E-state index contributed by atoms with van der Waals surface area (Å²) >= 11 is 0. The Morgan fingerprint density at radius 3 is 2.85 bits per heavy atom. The first-order valence-electron chi connectivity index (χ1n) is 9.27. The number of hydrogen-bond donors (Lipinski definition) is 2. The molecule has 0 saturated carbocycles. The Bertz CT molecular complexity index is 887. The zero-order valence-corrected chi connectivity index (χ0v) is 15.2. The minimum absolute atomic E-state index is 0.509. The topological polar surface area (TPSA) is 46.2 Å². The molecule has 2 heterocycles. The molecule has 2 N–H and O–H groups in total. The first-order valence-corrected chi connectivity index (χ1v) is 9.27. The van der Waals surface area contributed by atoms with Gasteiger partial charge in [0.25, 0.3) is 0 Å². The van der Waals surface area contributed by atoms with Crippen LogP contribution in [0.4, 0.5) is 5.69 Å². The summed E-state index contributed by atoms with van der Waals surface area (Å²) in [6.45, 7) is 2.78. The molecule has 1 aliphatic rings. The first kappa shape index (κ1) is 17.0. The lowest BCUT2D eigenvalue weighted by molar-refractivity contribution is 0.185. The van der Waals surface area contributed by atoms with Crippen molar-refractivity contribution in [3.05, 3.63) is 60.4 Å². The third kappa shape index (κ3) is 3.71. The van der Waals surface area contributed by atoms with E-state index in [9.17, 15) is 0 Å². The molecule has 1 aromatic heterocycles. The Kier molecular flexibility index (Phi) is 5.14. The van der Waals surface area contributed by atoms with Crippen molar-refractivity contribution < 1.29 is 4.74 Å². The molecule has 1 fully saturated rings. The van der Waals surface area contributed by atoms with Crippen LogP contribution in [-0.2, 0) is 11.3 Å². The Balaban J connectivity index is 1.74. The molecule has 3 aromatic rings. The monoisotopic (exact) mass is 347 g/mol. The summed E-state index contributed by atoms with van der Waals surface area (Å²) in [5.74, 6) is 0. The molecular weight excluding hydrogens is 322 g/mol. The Labute approximate surface area is 154 Å². The van der Waals surface area contributed by atoms with Crippen LogP contribution in [0, 0.1) is 0 Å².